The maximum absolute atomic E-state index is 12.9. The van der Waals surface area contributed by atoms with Gasteiger partial charge in [0.1, 0.15) is 0 Å². The van der Waals surface area contributed by atoms with Crippen LogP contribution in [0, 0.1) is 11.8 Å². The molecule has 3 heteroatoms. The Balaban J connectivity index is 1.66. The third kappa shape index (κ3) is 1.40. The Kier molecular flexibility index (Phi) is 2.52. The topological polar surface area (TPSA) is 32.3 Å². The van der Waals surface area contributed by atoms with Crippen LogP contribution in [0.1, 0.15) is 44.6 Å². The number of fused-ring (bicyclic) bond motifs is 1. The minimum absolute atomic E-state index is 0.0509. The molecule has 3 heterocycles. The van der Waals surface area contributed by atoms with Crippen LogP contribution >= 0.6 is 0 Å². The van der Waals surface area contributed by atoms with Gasteiger partial charge < -0.3 is 10.2 Å². The first kappa shape index (κ1) is 13.0. The van der Waals surface area contributed by atoms with Gasteiger partial charge in [-0.05, 0) is 42.7 Å². The third-order valence-electron chi connectivity index (χ3n) is 6.95. The van der Waals surface area contributed by atoms with E-state index in [9.17, 15) is 4.79 Å². The predicted molar refractivity (Wildman–Crippen MR) is 86.8 cm³/mol. The molecule has 3 fully saturated rings. The van der Waals surface area contributed by atoms with Crippen molar-refractivity contribution in [2.24, 2.45) is 11.8 Å². The van der Waals surface area contributed by atoms with Crippen LogP contribution in [0.3, 0.4) is 0 Å². The Morgan fingerprint density at radius 3 is 3.05 bits per heavy atom. The van der Waals surface area contributed by atoms with Gasteiger partial charge in [0.25, 0.3) is 0 Å². The van der Waals surface area contributed by atoms with E-state index in [-0.39, 0.29) is 5.41 Å². The van der Waals surface area contributed by atoms with E-state index in [0.29, 0.717) is 29.8 Å². The summed E-state index contributed by atoms with van der Waals surface area (Å²) in [5.74, 6) is 1.81. The molecule has 1 aromatic carbocycles. The van der Waals surface area contributed by atoms with Crippen molar-refractivity contribution in [3.63, 3.8) is 0 Å². The van der Waals surface area contributed by atoms with Crippen molar-refractivity contribution < 1.29 is 4.79 Å². The van der Waals surface area contributed by atoms with Gasteiger partial charge in [0.05, 0.1) is 0 Å². The molecule has 1 saturated carbocycles. The fraction of sp³-hybridized carbons (Fsp3) is 0.632. The van der Waals surface area contributed by atoms with Gasteiger partial charge in [0.2, 0.25) is 5.91 Å². The Morgan fingerprint density at radius 1 is 1.32 bits per heavy atom. The van der Waals surface area contributed by atoms with Crippen LogP contribution in [-0.2, 0) is 10.2 Å². The van der Waals surface area contributed by atoms with Crippen molar-refractivity contribution in [2.75, 3.05) is 11.9 Å². The minimum Gasteiger partial charge on any atom is -0.381 e. The lowest BCUT2D eigenvalue weighted by atomic mass is 9.59. The molecule has 2 saturated heterocycles. The third-order valence-corrected chi connectivity index (χ3v) is 6.95. The summed E-state index contributed by atoms with van der Waals surface area (Å²) in [5, 5.41) is 3.75. The first-order chi connectivity index (χ1) is 10.7. The minimum atomic E-state index is 0.0509. The van der Waals surface area contributed by atoms with Crippen LogP contribution in [0.4, 0.5) is 5.69 Å². The van der Waals surface area contributed by atoms with Gasteiger partial charge in [0.15, 0.2) is 0 Å². The molecule has 0 radical (unpaired) electrons. The fourth-order valence-electron chi connectivity index (χ4n) is 6.07. The summed E-state index contributed by atoms with van der Waals surface area (Å²) in [6.45, 7) is 3.27. The molecule has 5 atom stereocenters. The molecule has 1 N–H and O–H groups in total. The normalized spacial score (nSPS) is 41.7. The number of hydrogen-bond acceptors (Lipinski definition) is 2. The van der Waals surface area contributed by atoms with Crippen LogP contribution in [0.25, 0.3) is 0 Å². The zero-order valence-electron chi connectivity index (χ0n) is 13.2. The molecule has 1 aliphatic carbocycles. The van der Waals surface area contributed by atoms with Gasteiger partial charge in [-0.2, -0.15) is 0 Å². The van der Waals surface area contributed by atoms with Crippen molar-refractivity contribution in [2.45, 2.75) is 56.5 Å². The SMILES string of the molecule is CC[C@H]1C[C@@H]2CC[C@H]3Nc4ccccc4[C@]34CC(=O)N(C1)[C@H]24. The summed E-state index contributed by atoms with van der Waals surface area (Å²) in [6.07, 6.45) is 5.74. The van der Waals surface area contributed by atoms with Crippen molar-refractivity contribution >= 4 is 11.6 Å². The van der Waals surface area contributed by atoms with Gasteiger partial charge >= 0.3 is 0 Å². The van der Waals surface area contributed by atoms with E-state index in [1.54, 1.807) is 0 Å². The Bertz CT molecular complexity index is 642. The van der Waals surface area contributed by atoms with Gasteiger partial charge in [-0.25, -0.2) is 0 Å². The molecule has 22 heavy (non-hydrogen) atoms. The summed E-state index contributed by atoms with van der Waals surface area (Å²) in [7, 11) is 0. The number of piperidine rings is 1. The molecule has 116 valence electrons. The highest BCUT2D eigenvalue weighted by molar-refractivity contribution is 5.85. The van der Waals surface area contributed by atoms with Gasteiger partial charge in [-0.3, -0.25) is 4.79 Å². The highest BCUT2D eigenvalue weighted by Crippen LogP contribution is 2.59. The molecule has 0 aromatic heterocycles. The summed E-state index contributed by atoms with van der Waals surface area (Å²) >= 11 is 0. The van der Waals surface area contributed by atoms with Crippen molar-refractivity contribution in [1.82, 2.24) is 4.90 Å². The quantitative estimate of drug-likeness (QED) is 0.863. The molecule has 3 nitrogen and oxygen atoms in total. The number of benzene rings is 1. The first-order valence-corrected chi connectivity index (χ1v) is 8.89. The number of carbonyl (C=O) groups is 1. The number of amides is 1. The molecule has 1 spiro atoms. The number of nitrogens with one attached hydrogen (secondary N) is 1. The van der Waals surface area contributed by atoms with Gasteiger partial charge in [-0.1, -0.05) is 31.5 Å². The van der Waals surface area contributed by atoms with Crippen molar-refractivity contribution in [1.29, 1.82) is 0 Å². The highest BCUT2D eigenvalue weighted by atomic mass is 16.2. The zero-order valence-corrected chi connectivity index (χ0v) is 13.2. The zero-order chi connectivity index (χ0) is 14.9. The Labute approximate surface area is 132 Å². The van der Waals surface area contributed by atoms with Crippen LogP contribution in [0.15, 0.2) is 24.3 Å². The number of rotatable bonds is 1. The van der Waals surface area contributed by atoms with E-state index in [0.717, 1.165) is 13.0 Å². The standard InChI is InChI=1S/C19H24N2O/c1-2-12-9-13-7-8-16-19(10-17(22)21(11-12)18(13)19)14-5-3-4-6-15(14)20-16/h3-6,12-13,16,18,20H,2,7-11H2,1H3/t12-,13-,16+,18+,19+/m0/s1. The van der Waals surface area contributed by atoms with E-state index < -0.39 is 0 Å². The molecule has 3 aliphatic heterocycles. The van der Waals surface area contributed by atoms with E-state index in [4.69, 9.17) is 0 Å². The number of anilines is 1. The second kappa shape index (κ2) is 4.27. The molecule has 1 amide bonds. The van der Waals surface area contributed by atoms with E-state index in [1.807, 2.05) is 0 Å². The average Bonchev–Trinajstić information content (AvgIpc) is 3.03. The summed E-state index contributed by atoms with van der Waals surface area (Å²) in [6, 6.07) is 9.62. The summed E-state index contributed by atoms with van der Waals surface area (Å²) < 4.78 is 0. The van der Waals surface area contributed by atoms with Crippen LogP contribution in [0.2, 0.25) is 0 Å². The van der Waals surface area contributed by atoms with Crippen LogP contribution in [0.5, 0.6) is 0 Å². The van der Waals surface area contributed by atoms with E-state index >= 15 is 0 Å². The molecule has 0 bridgehead atoms. The summed E-state index contributed by atoms with van der Waals surface area (Å²) in [5.41, 5.74) is 2.75. The van der Waals surface area contributed by atoms with Crippen LogP contribution in [-0.4, -0.2) is 29.4 Å². The molecular formula is C19H24N2O. The Morgan fingerprint density at radius 2 is 2.18 bits per heavy atom. The van der Waals surface area contributed by atoms with Gasteiger partial charge in [0, 0.05) is 36.2 Å². The van der Waals surface area contributed by atoms with E-state index in [2.05, 4.69) is 41.4 Å². The van der Waals surface area contributed by atoms with Gasteiger partial charge in [-0.15, -0.1) is 0 Å². The largest absolute Gasteiger partial charge is 0.381 e. The second-order valence-corrected chi connectivity index (χ2v) is 7.80. The average molecular weight is 296 g/mol. The van der Waals surface area contributed by atoms with Crippen molar-refractivity contribution in [3.05, 3.63) is 29.8 Å². The monoisotopic (exact) mass is 296 g/mol. The predicted octanol–water partition coefficient (Wildman–Crippen LogP) is 3.16. The number of para-hydroxylation sites is 1. The molecule has 4 aliphatic rings. The van der Waals surface area contributed by atoms with Crippen LogP contribution < -0.4 is 5.32 Å². The number of hydrogen-bond donors (Lipinski definition) is 1. The summed E-state index contributed by atoms with van der Waals surface area (Å²) in [4.78, 5) is 15.1. The lowest BCUT2D eigenvalue weighted by molar-refractivity contribution is -0.132. The van der Waals surface area contributed by atoms with E-state index in [1.165, 1.54) is 36.9 Å². The smallest absolute Gasteiger partial charge is 0.223 e. The molecule has 0 unspecified atom stereocenters. The molecule has 5 rings (SSSR count). The lowest BCUT2D eigenvalue weighted by Gasteiger charge is -2.52. The number of carbonyl (C=O) groups excluding carboxylic acids is 1. The van der Waals surface area contributed by atoms with Crippen molar-refractivity contribution in [3.8, 4) is 0 Å². The second-order valence-electron chi connectivity index (χ2n) is 7.80. The maximum atomic E-state index is 12.9. The molecular weight excluding hydrogens is 272 g/mol. The lowest BCUT2D eigenvalue weighted by Crippen LogP contribution is -2.59. The fourth-order valence-corrected chi connectivity index (χ4v) is 6.07. The first-order valence-electron chi connectivity index (χ1n) is 8.89. The number of nitrogens with zero attached hydrogens (tertiary/aromatic N) is 1. The molecule has 1 aromatic rings. The highest BCUT2D eigenvalue weighted by Gasteiger charge is 2.65. The maximum Gasteiger partial charge on any atom is 0.223 e. The Hall–Kier alpha value is -1.51.